The molecule has 0 bridgehead atoms. The minimum Gasteiger partial charge on any atom is -0.756 e. The van der Waals surface area contributed by atoms with Crippen molar-refractivity contribution in [3.63, 3.8) is 0 Å². The number of phosphoric ester groups is 1. The number of carbonyl (C=O) groups is 2. The predicted octanol–water partition coefficient (Wildman–Crippen LogP) is 17.3. The highest BCUT2D eigenvalue weighted by Gasteiger charge is 2.27. The SMILES string of the molecule is CCCCC/C=C\C/C=C\CCCCCCCCCC(=O)OC(/C=C/CCCCCCCCCCCC)C(COP(=O)([O-])OCC[N+](C)(C)C)NC(=O)CCCCCCCCCCCCCCCCC. The summed E-state index contributed by atoms with van der Waals surface area (Å²) in [6.45, 7) is 6.83. The van der Waals surface area contributed by atoms with E-state index in [-0.39, 0.29) is 31.5 Å². The fraction of sp³-hybridized carbons (Fsp3) is 0.867. The molecule has 1 amide bonds. The highest BCUT2D eigenvalue weighted by atomic mass is 31.2. The summed E-state index contributed by atoms with van der Waals surface area (Å²) in [5.41, 5.74) is 0. The molecule has 0 heterocycles. The van der Waals surface area contributed by atoms with Crippen LogP contribution in [0.15, 0.2) is 36.5 Å². The lowest BCUT2D eigenvalue weighted by Crippen LogP contribution is -2.47. The van der Waals surface area contributed by atoms with Crippen LogP contribution in [0.5, 0.6) is 0 Å². The van der Waals surface area contributed by atoms with E-state index in [1.807, 2.05) is 33.3 Å². The van der Waals surface area contributed by atoms with Crippen LogP contribution in [0, 0.1) is 0 Å². The molecule has 0 aromatic carbocycles. The molecule has 0 aliphatic heterocycles. The van der Waals surface area contributed by atoms with Gasteiger partial charge < -0.3 is 28.5 Å². The number of amides is 1. The van der Waals surface area contributed by atoms with Gasteiger partial charge in [-0.2, -0.15) is 0 Å². The van der Waals surface area contributed by atoms with Crippen molar-refractivity contribution in [3.05, 3.63) is 36.5 Å². The van der Waals surface area contributed by atoms with Crippen molar-refractivity contribution >= 4 is 19.7 Å². The first-order valence-corrected chi connectivity index (χ1v) is 31.3. The number of nitrogens with zero attached hydrogens (tertiary/aromatic N) is 1. The Kier molecular flexibility index (Phi) is 49.5. The maximum atomic E-state index is 13.5. The molecule has 0 aliphatic rings. The highest BCUT2D eigenvalue weighted by molar-refractivity contribution is 7.45. The van der Waals surface area contributed by atoms with E-state index >= 15 is 0 Å². The average molecular weight is 1010 g/mol. The first-order valence-electron chi connectivity index (χ1n) is 29.8. The van der Waals surface area contributed by atoms with Crippen LogP contribution in [0.3, 0.4) is 0 Å². The number of ether oxygens (including phenoxy) is 1. The van der Waals surface area contributed by atoms with E-state index in [9.17, 15) is 19.0 Å². The van der Waals surface area contributed by atoms with Gasteiger partial charge in [0.2, 0.25) is 5.91 Å². The van der Waals surface area contributed by atoms with Gasteiger partial charge in [-0.15, -0.1) is 0 Å². The number of allylic oxidation sites excluding steroid dienone is 5. The summed E-state index contributed by atoms with van der Waals surface area (Å²) in [6.07, 6.45) is 59.5. The first kappa shape index (κ1) is 68.2. The smallest absolute Gasteiger partial charge is 0.306 e. The maximum Gasteiger partial charge on any atom is 0.306 e. The second-order valence-electron chi connectivity index (χ2n) is 21.5. The summed E-state index contributed by atoms with van der Waals surface area (Å²) in [7, 11) is 1.19. The monoisotopic (exact) mass is 1010 g/mol. The Labute approximate surface area is 434 Å². The number of rotatable bonds is 54. The molecule has 0 saturated heterocycles. The summed E-state index contributed by atoms with van der Waals surface area (Å²) in [5.74, 6) is -0.539. The Bertz CT molecular complexity index is 1300. The van der Waals surface area contributed by atoms with Crippen LogP contribution in [0.1, 0.15) is 284 Å². The van der Waals surface area contributed by atoms with E-state index in [0.29, 0.717) is 17.4 Å². The molecule has 412 valence electrons. The number of unbranched alkanes of at least 4 members (excludes halogenated alkanes) is 34. The van der Waals surface area contributed by atoms with Crippen molar-refractivity contribution in [1.82, 2.24) is 5.32 Å². The molecule has 0 spiro atoms. The standard InChI is InChI=1S/C60H115N2O7P/c1-7-10-13-16-19-22-25-28-30-31-33-35-38-41-44-47-50-53-60(64)69-58(51-48-45-42-39-36-27-24-21-18-15-12-9-3)57(56-68-70(65,66)67-55-54-62(4,5)6)61-59(63)52-49-46-43-40-37-34-32-29-26-23-20-17-14-11-8-2/h19,22,28,30,48,51,57-58H,7-18,20-21,23-27,29,31-47,49-50,52-56H2,1-6H3,(H-,61,63,65,66)/b22-19-,30-28-,51-48+. The van der Waals surface area contributed by atoms with Gasteiger partial charge in [-0.1, -0.05) is 244 Å². The van der Waals surface area contributed by atoms with Gasteiger partial charge in [-0.25, -0.2) is 0 Å². The molecule has 0 rings (SSSR count). The minimum atomic E-state index is -4.69. The minimum absolute atomic E-state index is 0.0214. The molecule has 9 nitrogen and oxygen atoms in total. The number of hydrogen-bond donors (Lipinski definition) is 1. The van der Waals surface area contributed by atoms with Crippen LogP contribution < -0.4 is 10.2 Å². The summed E-state index contributed by atoms with van der Waals surface area (Å²) in [5, 5.41) is 3.03. The number of nitrogens with one attached hydrogen (secondary N) is 1. The van der Waals surface area contributed by atoms with Crippen molar-refractivity contribution in [3.8, 4) is 0 Å². The zero-order valence-electron chi connectivity index (χ0n) is 47.0. The summed E-state index contributed by atoms with van der Waals surface area (Å²) in [6, 6.07) is -0.886. The molecule has 3 unspecified atom stereocenters. The van der Waals surface area contributed by atoms with E-state index in [2.05, 4.69) is 50.4 Å². The molecule has 3 atom stereocenters. The average Bonchev–Trinajstić information content (AvgIpc) is 3.32. The largest absolute Gasteiger partial charge is 0.756 e. The molecule has 1 N–H and O–H groups in total. The molecular weight excluding hydrogens is 892 g/mol. The fourth-order valence-corrected chi connectivity index (χ4v) is 9.39. The van der Waals surface area contributed by atoms with Crippen molar-refractivity contribution in [1.29, 1.82) is 0 Å². The zero-order valence-corrected chi connectivity index (χ0v) is 47.9. The predicted molar refractivity (Wildman–Crippen MR) is 298 cm³/mol. The third kappa shape index (κ3) is 51.1. The number of phosphoric acid groups is 1. The Morgan fingerprint density at radius 3 is 1.31 bits per heavy atom. The van der Waals surface area contributed by atoms with Gasteiger partial charge in [0.25, 0.3) is 7.82 Å². The number of esters is 1. The van der Waals surface area contributed by atoms with Gasteiger partial charge in [-0.3, -0.25) is 14.2 Å². The van der Waals surface area contributed by atoms with Crippen LogP contribution in [0.25, 0.3) is 0 Å². The topological polar surface area (TPSA) is 114 Å². The Balaban J connectivity index is 5.31. The molecule has 0 aliphatic carbocycles. The van der Waals surface area contributed by atoms with Crippen molar-refractivity contribution in [2.75, 3.05) is 40.9 Å². The van der Waals surface area contributed by atoms with E-state index in [1.54, 1.807) is 0 Å². The molecular formula is C60H115N2O7P. The molecule has 0 saturated carbocycles. The lowest BCUT2D eigenvalue weighted by Gasteiger charge is -2.30. The first-order chi connectivity index (χ1) is 33.9. The fourth-order valence-electron chi connectivity index (χ4n) is 8.67. The van der Waals surface area contributed by atoms with Gasteiger partial charge in [0.15, 0.2) is 0 Å². The van der Waals surface area contributed by atoms with Gasteiger partial charge in [-0.05, 0) is 63.9 Å². The van der Waals surface area contributed by atoms with E-state index in [4.69, 9.17) is 13.8 Å². The van der Waals surface area contributed by atoms with E-state index in [0.717, 1.165) is 77.0 Å². The van der Waals surface area contributed by atoms with Crippen molar-refractivity contribution < 1.29 is 37.3 Å². The van der Waals surface area contributed by atoms with Crippen molar-refractivity contribution in [2.24, 2.45) is 0 Å². The molecule has 0 aromatic heterocycles. The van der Waals surface area contributed by atoms with Crippen LogP contribution in [-0.4, -0.2) is 69.4 Å². The number of carbonyl (C=O) groups excluding carboxylic acids is 2. The summed E-state index contributed by atoms with van der Waals surface area (Å²) >= 11 is 0. The van der Waals surface area contributed by atoms with E-state index < -0.39 is 20.0 Å². The van der Waals surface area contributed by atoms with E-state index in [1.165, 1.54) is 173 Å². The molecule has 0 aromatic rings. The molecule has 0 radical (unpaired) electrons. The molecule has 70 heavy (non-hydrogen) atoms. The second-order valence-corrected chi connectivity index (χ2v) is 22.9. The zero-order chi connectivity index (χ0) is 51.5. The number of hydrogen-bond acceptors (Lipinski definition) is 7. The third-order valence-electron chi connectivity index (χ3n) is 13.3. The summed E-state index contributed by atoms with van der Waals surface area (Å²) < 4.78 is 30.3. The Morgan fingerprint density at radius 1 is 0.500 bits per heavy atom. The lowest BCUT2D eigenvalue weighted by atomic mass is 10.0. The van der Waals surface area contributed by atoms with Gasteiger partial charge in [0.05, 0.1) is 33.8 Å². The second kappa shape index (κ2) is 50.7. The van der Waals surface area contributed by atoms with Crippen molar-refractivity contribution in [2.45, 2.75) is 296 Å². The molecule has 0 fully saturated rings. The van der Waals surface area contributed by atoms with Crippen LogP contribution in [-0.2, 0) is 27.9 Å². The lowest BCUT2D eigenvalue weighted by molar-refractivity contribution is -0.870. The number of quaternary nitrogens is 1. The Hall–Kier alpha value is -1.77. The van der Waals surface area contributed by atoms with Crippen LogP contribution in [0.4, 0.5) is 0 Å². The van der Waals surface area contributed by atoms with Gasteiger partial charge in [0, 0.05) is 12.8 Å². The van der Waals surface area contributed by atoms with Gasteiger partial charge >= 0.3 is 5.97 Å². The quantitative estimate of drug-likeness (QED) is 0.0212. The normalized spacial score (nSPS) is 14.0. The maximum absolute atomic E-state index is 13.5. The van der Waals surface area contributed by atoms with Gasteiger partial charge in [0.1, 0.15) is 19.3 Å². The molecule has 10 heteroatoms. The van der Waals surface area contributed by atoms with Crippen LogP contribution >= 0.6 is 7.82 Å². The number of likely N-dealkylation sites (N-methyl/N-ethyl adjacent to an activating group) is 1. The van der Waals surface area contributed by atoms with Crippen LogP contribution in [0.2, 0.25) is 0 Å². The Morgan fingerprint density at radius 2 is 0.871 bits per heavy atom. The summed E-state index contributed by atoms with van der Waals surface area (Å²) in [4.78, 5) is 39.9. The highest BCUT2D eigenvalue weighted by Crippen LogP contribution is 2.38. The third-order valence-corrected chi connectivity index (χ3v) is 14.3.